The van der Waals surface area contributed by atoms with Crippen LogP contribution in [0.15, 0.2) is 60.8 Å². The van der Waals surface area contributed by atoms with Gasteiger partial charge in [-0.1, -0.05) is 48.5 Å². The molecule has 0 amide bonds. The van der Waals surface area contributed by atoms with Crippen molar-refractivity contribution in [3.05, 3.63) is 77.5 Å². The van der Waals surface area contributed by atoms with E-state index in [0.29, 0.717) is 0 Å². The molecule has 1 unspecified atom stereocenters. The van der Waals surface area contributed by atoms with E-state index in [9.17, 15) is 5.11 Å². The Morgan fingerprint density at radius 3 is 2.83 bits per heavy atom. The van der Waals surface area contributed by atoms with Crippen LogP contribution < -0.4 is 0 Å². The highest BCUT2D eigenvalue weighted by Crippen LogP contribution is 2.31. The summed E-state index contributed by atoms with van der Waals surface area (Å²) < 4.78 is 0. The second kappa shape index (κ2) is 6.11. The average molecular weight is 304 g/mol. The van der Waals surface area contributed by atoms with Crippen LogP contribution in [0.25, 0.3) is 10.9 Å². The van der Waals surface area contributed by atoms with Gasteiger partial charge in [-0.2, -0.15) is 0 Å². The predicted molar refractivity (Wildman–Crippen MR) is 92.1 cm³/mol. The van der Waals surface area contributed by atoms with Crippen LogP contribution in [0.1, 0.15) is 22.7 Å². The lowest BCUT2D eigenvalue weighted by Crippen LogP contribution is -2.36. The summed E-state index contributed by atoms with van der Waals surface area (Å²) in [4.78, 5) is 6.92. The van der Waals surface area contributed by atoms with Gasteiger partial charge >= 0.3 is 0 Å². The molecule has 0 fully saturated rings. The van der Waals surface area contributed by atoms with Crippen molar-refractivity contribution in [3.63, 3.8) is 0 Å². The van der Waals surface area contributed by atoms with Crippen LogP contribution >= 0.6 is 0 Å². The lowest BCUT2D eigenvalue weighted by molar-refractivity contribution is 0.108. The molecule has 1 atom stereocenters. The van der Waals surface area contributed by atoms with Crippen LogP contribution in [0.2, 0.25) is 0 Å². The molecule has 2 heterocycles. The minimum atomic E-state index is 0.0684. The van der Waals surface area contributed by atoms with Gasteiger partial charge in [0.05, 0.1) is 18.2 Å². The van der Waals surface area contributed by atoms with E-state index in [2.05, 4.69) is 58.4 Å². The van der Waals surface area contributed by atoms with E-state index in [0.717, 1.165) is 25.0 Å². The lowest BCUT2D eigenvalue weighted by Gasteiger charge is -2.36. The molecule has 1 N–H and O–H groups in total. The van der Waals surface area contributed by atoms with Crippen molar-refractivity contribution in [2.24, 2.45) is 0 Å². The summed E-state index contributed by atoms with van der Waals surface area (Å²) in [7, 11) is 0. The Morgan fingerprint density at radius 2 is 1.91 bits per heavy atom. The monoisotopic (exact) mass is 304 g/mol. The zero-order valence-corrected chi connectivity index (χ0v) is 13.0. The van der Waals surface area contributed by atoms with Gasteiger partial charge < -0.3 is 5.11 Å². The number of aliphatic hydroxyl groups is 1. The molecular formula is C20H20N2O. The summed E-state index contributed by atoms with van der Waals surface area (Å²) in [6.45, 7) is 1.93. The van der Waals surface area contributed by atoms with Gasteiger partial charge in [-0.25, -0.2) is 0 Å². The van der Waals surface area contributed by atoms with Crippen molar-refractivity contribution >= 4 is 10.9 Å². The van der Waals surface area contributed by atoms with Gasteiger partial charge in [0.25, 0.3) is 0 Å². The fourth-order valence-corrected chi connectivity index (χ4v) is 3.62. The van der Waals surface area contributed by atoms with E-state index in [-0.39, 0.29) is 12.6 Å². The zero-order chi connectivity index (χ0) is 15.6. The van der Waals surface area contributed by atoms with Gasteiger partial charge in [-0.05, 0) is 29.2 Å². The number of nitrogens with zero attached hydrogens (tertiary/aromatic N) is 2. The second-order valence-electron chi connectivity index (χ2n) is 6.11. The minimum absolute atomic E-state index is 0.0684. The van der Waals surface area contributed by atoms with Crippen LogP contribution in [-0.2, 0) is 13.0 Å². The number of para-hydroxylation sites is 1. The van der Waals surface area contributed by atoms with E-state index in [1.165, 1.54) is 22.1 Å². The molecule has 1 aliphatic rings. The normalized spacial score (nSPS) is 18.0. The maximum atomic E-state index is 9.94. The molecule has 1 aromatic heterocycles. The molecule has 0 saturated carbocycles. The van der Waals surface area contributed by atoms with Gasteiger partial charge in [0.15, 0.2) is 0 Å². The molecule has 1 aliphatic heterocycles. The summed E-state index contributed by atoms with van der Waals surface area (Å²) in [5.74, 6) is 0. The zero-order valence-electron chi connectivity index (χ0n) is 13.0. The molecule has 0 spiro atoms. The maximum Gasteiger partial charge on any atom is 0.0746 e. The highest BCUT2D eigenvalue weighted by atomic mass is 16.3. The molecular weight excluding hydrogens is 284 g/mol. The predicted octanol–water partition coefficient (Wildman–Crippen LogP) is 3.33. The number of aromatic nitrogens is 1. The fourth-order valence-electron chi connectivity index (χ4n) is 3.62. The smallest absolute Gasteiger partial charge is 0.0746 e. The Morgan fingerprint density at radius 1 is 1.04 bits per heavy atom. The topological polar surface area (TPSA) is 36.4 Å². The van der Waals surface area contributed by atoms with E-state index in [1.807, 2.05) is 12.3 Å². The summed E-state index contributed by atoms with van der Waals surface area (Å²) in [6, 6.07) is 18.9. The van der Waals surface area contributed by atoms with Gasteiger partial charge in [0.2, 0.25) is 0 Å². The Hall–Kier alpha value is -2.23. The fraction of sp³-hybridized carbons (Fsp3) is 0.250. The summed E-state index contributed by atoms with van der Waals surface area (Å²) in [5, 5.41) is 11.1. The first-order valence-corrected chi connectivity index (χ1v) is 8.12. The molecule has 0 saturated heterocycles. The molecule has 4 rings (SSSR count). The number of benzene rings is 2. The van der Waals surface area contributed by atoms with Crippen LogP contribution in [0, 0.1) is 0 Å². The van der Waals surface area contributed by atoms with Crippen LogP contribution in [0.4, 0.5) is 0 Å². The molecule has 116 valence electrons. The molecule has 0 radical (unpaired) electrons. The molecule has 2 aromatic carbocycles. The molecule has 3 nitrogen and oxygen atoms in total. The number of rotatable bonds is 3. The Labute approximate surface area is 136 Å². The number of hydrogen-bond acceptors (Lipinski definition) is 3. The second-order valence-corrected chi connectivity index (χ2v) is 6.11. The van der Waals surface area contributed by atoms with Gasteiger partial charge in [0, 0.05) is 24.7 Å². The van der Waals surface area contributed by atoms with E-state index < -0.39 is 0 Å². The van der Waals surface area contributed by atoms with Gasteiger partial charge in [0.1, 0.15) is 0 Å². The first kappa shape index (κ1) is 14.4. The van der Waals surface area contributed by atoms with Crippen LogP contribution in [0.5, 0.6) is 0 Å². The summed E-state index contributed by atoms with van der Waals surface area (Å²) >= 11 is 0. The quantitative estimate of drug-likeness (QED) is 0.806. The van der Waals surface area contributed by atoms with Crippen molar-refractivity contribution in [1.82, 2.24) is 9.88 Å². The molecule has 0 bridgehead atoms. The van der Waals surface area contributed by atoms with Crippen molar-refractivity contribution in [3.8, 4) is 0 Å². The minimum Gasteiger partial charge on any atom is -0.394 e. The highest BCUT2D eigenvalue weighted by Gasteiger charge is 2.26. The Kier molecular flexibility index (Phi) is 3.82. The van der Waals surface area contributed by atoms with Crippen LogP contribution in [0.3, 0.4) is 0 Å². The van der Waals surface area contributed by atoms with Gasteiger partial charge in [-0.3, -0.25) is 9.88 Å². The Balaban J connectivity index is 1.68. The standard InChI is InChI=1S/C20H20N2O/c23-14-19-18-9-2-1-5-15(18)10-12-22(19)13-17-7-3-6-16-8-4-11-21-20(16)17/h1-9,11,19,23H,10,12-14H2. The van der Waals surface area contributed by atoms with Crippen molar-refractivity contribution in [2.45, 2.75) is 19.0 Å². The van der Waals surface area contributed by atoms with E-state index in [1.54, 1.807) is 0 Å². The first-order chi connectivity index (χ1) is 11.4. The van der Waals surface area contributed by atoms with Crippen molar-refractivity contribution in [2.75, 3.05) is 13.2 Å². The summed E-state index contributed by atoms with van der Waals surface area (Å²) in [6.07, 6.45) is 2.88. The highest BCUT2D eigenvalue weighted by molar-refractivity contribution is 5.81. The summed E-state index contributed by atoms with van der Waals surface area (Å²) in [5.41, 5.74) is 4.90. The third-order valence-electron chi connectivity index (χ3n) is 4.79. The van der Waals surface area contributed by atoms with Crippen LogP contribution in [-0.4, -0.2) is 28.1 Å². The number of aliphatic hydroxyl groups excluding tert-OH is 1. The Bertz CT molecular complexity index is 825. The molecule has 3 heteroatoms. The maximum absolute atomic E-state index is 9.94. The SMILES string of the molecule is OCC1c2ccccc2CCN1Cc1cccc2cccnc12. The number of fused-ring (bicyclic) bond motifs is 2. The van der Waals surface area contributed by atoms with Gasteiger partial charge in [-0.15, -0.1) is 0 Å². The van der Waals surface area contributed by atoms with Crippen molar-refractivity contribution in [1.29, 1.82) is 0 Å². The first-order valence-electron chi connectivity index (χ1n) is 8.12. The molecule has 3 aromatic rings. The number of hydrogen-bond donors (Lipinski definition) is 1. The van der Waals surface area contributed by atoms with E-state index >= 15 is 0 Å². The lowest BCUT2D eigenvalue weighted by atomic mass is 9.92. The molecule has 0 aliphatic carbocycles. The largest absolute Gasteiger partial charge is 0.394 e. The number of pyridine rings is 1. The van der Waals surface area contributed by atoms with E-state index in [4.69, 9.17) is 0 Å². The van der Waals surface area contributed by atoms with Crippen molar-refractivity contribution < 1.29 is 5.11 Å². The third kappa shape index (κ3) is 2.62. The third-order valence-corrected chi connectivity index (χ3v) is 4.79. The average Bonchev–Trinajstić information content (AvgIpc) is 2.62. The molecule has 23 heavy (non-hydrogen) atoms.